The van der Waals surface area contributed by atoms with Crippen molar-refractivity contribution in [3.8, 4) is 5.75 Å². The van der Waals surface area contributed by atoms with Gasteiger partial charge in [0, 0.05) is 34.0 Å². The minimum absolute atomic E-state index is 0.00627. The molecule has 1 amide bonds. The number of nitrogens with zero attached hydrogens (tertiary/aromatic N) is 1. The maximum atomic E-state index is 13.2. The Balaban J connectivity index is 1.42. The fourth-order valence-corrected chi connectivity index (χ4v) is 6.02. The fraction of sp³-hybridized carbons (Fsp3) is 0.320. The lowest BCUT2D eigenvalue weighted by Crippen LogP contribution is -2.39. The van der Waals surface area contributed by atoms with Gasteiger partial charge in [-0.15, -0.1) is 11.3 Å². The molecule has 0 fully saturated rings. The molecule has 0 saturated heterocycles. The van der Waals surface area contributed by atoms with Gasteiger partial charge in [-0.2, -0.15) is 0 Å². The Morgan fingerprint density at radius 2 is 2.00 bits per heavy atom. The van der Waals surface area contributed by atoms with E-state index in [4.69, 9.17) is 4.74 Å². The zero-order valence-corrected chi connectivity index (χ0v) is 20.6. The van der Waals surface area contributed by atoms with Crippen LogP contribution in [0.15, 0.2) is 53.0 Å². The van der Waals surface area contributed by atoms with Gasteiger partial charge in [-0.25, -0.2) is 0 Å². The molecule has 1 atom stereocenters. The summed E-state index contributed by atoms with van der Waals surface area (Å²) in [7, 11) is 0. The van der Waals surface area contributed by atoms with Crippen LogP contribution in [0.2, 0.25) is 0 Å². The summed E-state index contributed by atoms with van der Waals surface area (Å²) in [6, 6.07) is 16.5. The third-order valence-corrected chi connectivity index (χ3v) is 7.76. The predicted octanol–water partition coefficient (Wildman–Crippen LogP) is 5.71. The van der Waals surface area contributed by atoms with Crippen LogP contribution in [0.5, 0.6) is 5.75 Å². The van der Waals surface area contributed by atoms with Crippen molar-refractivity contribution in [2.75, 3.05) is 11.9 Å². The standard InChI is InChI=1S/C25H26BrN3O2S/c1-15(2)29-11-10-18-21(13-29)32-25-22(18)24(30)27-23(28-25)19-12-17(26)8-9-20(19)31-14-16-6-4-3-5-7-16/h3-9,12,15,23,28H,10-11,13-14H2,1-2H3,(H,27,30). The number of anilines is 1. The number of carbonyl (C=O) groups is 1. The number of ether oxygens (including phenoxy) is 1. The van der Waals surface area contributed by atoms with E-state index in [1.807, 2.05) is 48.5 Å². The molecule has 0 saturated carbocycles. The van der Waals surface area contributed by atoms with Gasteiger partial charge in [0.1, 0.15) is 23.5 Å². The SMILES string of the molecule is CC(C)N1CCc2c(sc3c2C(=O)NC(c2cc(Br)ccc2OCc2ccccc2)N3)C1. The summed E-state index contributed by atoms with van der Waals surface area (Å²) in [5.41, 5.74) is 4.04. The molecule has 0 aliphatic carbocycles. The maximum absolute atomic E-state index is 13.2. The number of halogens is 1. The highest BCUT2D eigenvalue weighted by Gasteiger charge is 2.34. The molecule has 2 aliphatic heterocycles. The van der Waals surface area contributed by atoms with E-state index < -0.39 is 0 Å². The monoisotopic (exact) mass is 511 g/mol. The first-order valence-electron chi connectivity index (χ1n) is 10.9. The fourth-order valence-electron chi connectivity index (χ4n) is 4.34. The molecular weight excluding hydrogens is 486 g/mol. The molecular formula is C25H26BrN3O2S. The van der Waals surface area contributed by atoms with Crippen molar-refractivity contribution >= 4 is 38.2 Å². The van der Waals surface area contributed by atoms with Crippen molar-refractivity contribution in [2.24, 2.45) is 0 Å². The predicted molar refractivity (Wildman–Crippen MR) is 132 cm³/mol. The van der Waals surface area contributed by atoms with Crippen LogP contribution in [-0.4, -0.2) is 23.4 Å². The zero-order chi connectivity index (χ0) is 22.2. The summed E-state index contributed by atoms with van der Waals surface area (Å²) >= 11 is 5.29. The third-order valence-electron chi connectivity index (χ3n) is 6.11. The minimum Gasteiger partial charge on any atom is -0.488 e. The number of hydrogen-bond acceptors (Lipinski definition) is 5. The summed E-state index contributed by atoms with van der Waals surface area (Å²) < 4.78 is 7.10. The lowest BCUT2D eigenvalue weighted by molar-refractivity contribution is 0.0934. The zero-order valence-electron chi connectivity index (χ0n) is 18.2. The summed E-state index contributed by atoms with van der Waals surface area (Å²) in [6.07, 6.45) is 0.570. The smallest absolute Gasteiger partial charge is 0.256 e. The molecule has 0 bridgehead atoms. The Morgan fingerprint density at radius 3 is 2.78 bits per heavy atom. The van der Waals surface area contributed by atoms with E-state index in [9.17, 15) is 4.79 Å². The average Bonchev–Trinajstić information content (AvgIpc) is 3.17. The highest BCUT2D eigenvalue weighted by molar-refractivity contribution is 9.10. The second kappa shape index (κ2) is 8.89. The molecule has 1 aromatic heterocycles. The summed E-state index contributed by atoms with van der Waals surface area (Å²) in [6.45, 7) is 6.83. The first-order chi connectivity index (χ1) is 15.5. The van der Waals surface area contributed by atoms with E-state index in [0.29, 0.717) is 12.6 Å². The molecule has 0 spiro atoms. The molecule has 32 heavy (non-hydrogen) atoms. The normalized spacial score (nSPS) is 18.0. The lowest BCUT2D eigenvalue weighted by Gasteiger charge is -2.31. The van der Waals surface area contributed by atoms with Crippen LogP contribution in [0.4, 0.5) is 5.00 Å². The second-order valence-electron chi connectivity index (χ2n) is 8.53. The van der Waals surface area contributed by atoms with Crippen molar-refractivity contribution in [2.45, 2.75) is 45.6 Å². The number of benzene rings is 2. The second-order valence-corrected chi connectivity index (χ2v) is 10.6. The highest BCUT2D eigenvalue weighted by Crippen LogP contribution is 2.42. The molecule has 2 aromatic carbocycles. The first kappa shape index (κ1) is 21.5. The Hall–Kier alpha value is -2.35. The largest absolute Gasteiger partial charge is 0.488 e. The average molecular weight is 512 g/mol. The molecule has 3 heterocycles. The van der Waals surface area contributed by atoms with Gasteiger partial charge in [-0.1, -0.05) is 46.3 Å². The van der Waals surface area contributed by atoms with Crippen LogP contribution in [-0.2, 0) is 19.6 Å². The number of amides is 1. The number of rotatable bonds is 5. The van der Waals surface area contributed by atoms with Crippen molar-refractivity contribution < 1.29 is 9.53 Å². The van der Waals surface area contributed by atoms with Gasteiger partial charge in [0.15, 0.2) is 0 Å². The topological polar surface area (TPSA) is 53.6 Å². The highest BCUT2D eigenvalue weighted by atomic mass is 79.9. The van der Waals surface area contributed by atoms with E-state index in [0.717, 1.165) is 51.4 Å². The minimum atomic E-state index is -0.348. The molecule has 5 nitrogen and oxygen atoms in total. The van der Waals surface area contributed by atoms with E-state index in [-0.39, 0.29) is 12.1 Å². The summed E-state index contributed by atoms with van der Waals surface area (Å²) in [4.78, 5) is 16.9. The van der Waals surface area contributed by atoms with Gasteiger partial charge >= 0.3 is 0 Å². The van der Waals surface area contributed by atoms with Gasteiger partial charge in [0.05, 0.1) is 5.56 Å². The molecule has 2 N–H and O–H groups in total. The van der Waals surface area contributed by atoms with Crippen LogP contribution < -0.4 is 15.4 Å². The third kappa shape index (κ3) is 4.17. The Morgan fingerprint density at radius 1 is 1.19 bits per heavy atom. The molecule has 166 valence electrons. The van der Waals surface area contributed by atoms with Gasteiger partial charge in [0.25, 0.3) is 5.91 Å². The van der Waals surface area contributed by atoms with E-state index in [2.05, 4.69) is 45.3 Å². The number of carbonyl (C=O) groups excluding carboxylic acids is 1. The quantitative estimate of drug-likeness (QED) is 0.460. The van der Waals surface area contributed by atoms with Crippen molar-refractivity contribution in [3.63, 3.8) is 0 Å². The molecule has 5 rings (SSSR count). The van der Waals surface area contributed by atoms with Gasteiger partial charge in [0.2, 0.25) is 0 Å². The van der Waals surface area contributed by atoms with Gasteiger partial charge in [-0.05, 0) is 49.6 Å². The lowest BCUT2D eigenvalue weighted by atomic mass is 9.99. The van der Waals surface area contributed by atoms with Crippen molar-refractivity contribution in [1.29, 1.82) is 0 Å². The van der Waals surface area contributed by atoms with E-state index in [1.54, 1.807) is 11.3 Å². The summed E-state index contributed by atoms with van der Waals surface area (Å²) in [5.74, 6) is 0.749. The molecule has 1 unspecified atom stereocenters. The Bertz CT molecular complexity index is 1150. The number of fused-ring (bicyclic) bond motifs is 3. The number of hydrogen-bond donors (Lipinski definition) is 2. The van der Waals surface area contributed by atoms with Crippen LogP contribution in [0.1, 0.15) is 51.9 Å². The van der Waals surface area contributed by atoms with Crippen LogP contribution >= 0.6 is 27.3 Å². The first-order valence-corrected chi connectivity index (χ1v) is 12.5. The van der Waals surface area contributed by atoms with E-state index >= 15 is 0 Å². The van der Waals surface area contributed by atoms with E-state index in [1.165, 1.54) is 10.4 Å². The van der Waals surface area contributed by atoms with Gasteiger partial charge < -0.3 is 15.4 Å². The molecule has 0 radical (unpaired) electrons. The van der Waals surface area contributed by atoms with Gasteiger partial charge in [-0.3, -0.25) is 9.69 Å². The van der Waals surface area contributed by atoms with Crippen molar-refractivity contribution in [3.05, 3.63) is 80.1 Å². The molecule has 2 aliphatic rings. The molecule has 3 aromatic rings. The van der Waals surface area contributed by atoms with Crippen LogP contribution in [0.25, 0.3) is 0 Å². The Labute approximate surface area is 200 Å². The Kier molecular flexibility index (Phi) is 5.97. The number of thiophene rings is 1. The number of nitrogens with one attached hydrogen (secondary N) is 2. The summed E-state index contributed by atoms with van der Waals surface area (Å²) in [5, 5.41) is 7.71. The van der Waals surface area contributed by atoms with Crippen molar-refractivity contribution in [1.82, 2.24) is 10.2 Å². The van der Waals surface area contributed by atoms with Crippen LogP contribution in [0, 0.1) is 0 Å². The maximum Gasteiger partial charge on any atom is 0.256 e. The molecule has 7 heteroatoms. The van der Waals surface area contributed by atoms with Crippen LogP contribution in [0.3, 0.4) is 0 Å².